The molecular formula is C10H14BrN5O3. The first kappa shape index (κ1) is 13.8. The molecule has 1 aromatic rings. The van der Waals surface area contributed by atoms with Gasteiger partial charge in [0.05, 0.1) is 0 Å². The first-order valence-electron chi connectivity index (χ1n) is 5.72. The minimum atomic E-state index is -0.400. The molecule has 2 heterocycles. The fraction of sp³-hybridized carbons (Fsp3) is 0.600. The number of hydrogen-bond acceptors (Lipinski definition) is 7. The highest BCUT2D eigenvalue weighted by molar-refractivity contribution is 9.18. The maximum Gasteiger partial charge on any atom is 0.256 e. The molecule has 2 N–H and O–H groups in total. The molecule has 0 fully saturated rings. The monoisotopic (exact) mass is 331 g/mol. The third-order valence-electron chi connectivity index (χ3n) is 2.30. The Balaban J connectivity index is 1.82. The second-order valence-electron chi connectivity index (χ2n) is 4.24. The van der Waals surface area contributed by atoms with Gasteiger partial charge in [0, 0.05) is 12.3 Å². The van der Waals surface area contributed by atoms with Gasteiger partial charge in [-0.1, -0.05) is 24.2 Å². The molecular weight excluding hydrogens is 318 g/mol. The lowest BCUT2D eigenvalue weighted by Gasteiger charge is -2.05. The van der Waals surface area contributed by atoms with E-state index in [0.29, 0.717) is 22.8 Å². The number of halogens is 1. The van der Waals surface area contributed by atoms with E-state index in [2.05, 4.69) is 36.4 Å². The topological polar surface area (TPSA) is 108 Å². The van der Waals surface area contributed by atoms with Crippen molar-refractivity contribution in [1.29, 1.82) is 0 Å². The Morgan fingerprint density at radius 2 is 2.37 bits per heavy atom. The minimum absolute atomic E-state index is 0.0646. The van der Waals surface area contributed by atoms with E-state index in [1.54, 1.807) is 0 Å². The molecule has 0 radical (unpaired) electrons. The molecule has 0 bridgehead atoms. The summed E-state index contributed by atoms with van der Waals surface area (Å²) < 4.78 is 6.04. The van der Waals surface area contributed by atoms with E-state index < -0.39 is 6.10 Å². The molecule has 0 saturated carbocycles. The molecule has 0 saturated heterocycles. The van der Waals surface area contributed by atoms with E-state index in [0.717, 1.165) is 0 Å². The van der Waals surface area contributed by atoms with Crippen molar-refractivity contribution in [2.24, 2.45) is 16.0 Å². The summed E-state index contributed by atoms with van der Waals surface area (Å²) in [5.74, 6) is 1.30. The second kappa shape index (κ2) is 6.00. The van der Waals surface area contributed by atoms with Crippen LogP contribution in [0.5, 0.6) is 0 Å². The Morgan fingerprint density at radius 3 is 2.95 bits per heavy atom. The zero-order valence-corrected chi connectivity index (χ0v) is 12.1. The van der Waals surface area contributed by atoms with Crippen molar-refractivity contribution >= 4 is 26.4 Å². The molecule has 19 heavy (non-hydrogen) atoms. The summed E-state index contributed by atoms with van der Waals surface area (Å²) in [6.07, 6.45) is 0.139. The van der Waals surface area contributed by atoms with E-state index in [1.165, 1.54) is 0 Å². The Labute approximate surface area is 118 Å². The molecule has 104 valence electrons. The van der Waals surface area contributed by atoms with Crippen LogP contribution in [0.4, 0.5) is 0 Å². The fourth-order valence-electron chi connectivity index (χ4n) is 1.29. The second-order valence-corrected chi connectivity index (χ2v) is 5.16. The van der Waals surface area contributed by atoms with Crippen LogP contribution >= 0.6 is 15.9 Å². The maximum absolute atomic E-state index is 5.70. The average Bonchev–Trinajstić information content (AvgIpc) is 2.98. The molecule has 1 aliphatic rings. The standard InChI is InChI=1S/C10H14BrN5O3/c1-5(2)10-14-13-8(18-10)4-17-16-9(12)6-3-7(11)15-19-6/h5-6H,3-4H2,1-2H3,(H2,12,16). The zero-order valence-electron chi connectivity index (χ0n) is 10.5. The van der Waals surface area contributed by atoms with Gasteiger partial charge in [-0.15, -0.1) is 10.2 Å². The van der Waals surface area contributed by atoms with Gasteiger partial charge in [-0.25, -0.2) is 0 Å². The fourth-order valence-corrected chi connectivity index (χ4v) is 1.66. The molecule has 0 spiro atoms. The van der Waals surface area contributed by atoms with Crippen molar-refractivity contribution in [3.05, 3.63) is 11.8 Å². The lowest BCUT2D eigenvalue weighted by Crippen LogP contribution is -2.28. The predicted molar refractivity (Wildman–Crippen MR) is 70.7 cm³/mol. The number of rotatable bonds is 5. The quantitative estimate of drug-likeness (QED) is 0.497. The van der Waals surface area contributed by atoms with E-state index in [4.69, 9.17) is 19.8 Å². The highest BCUT2D eigenvalue weighted by atomic mass is 79.9. The van der Waals surface area contributed by atoms with Gasteiger partial charge in [-0.05, 0) is 15.9 Å². The molecule has 2 rings (SSSR count). The van der Waals surface area contributed by atoms with Gasteiger partial charge in [0.2, 0.25) is 5.89 Å². The van der Waals surface area contributed by atoms with Crippen LogP contribution in [0, 0.1) is 0 Å². The van der Waals surface area contributed by atoms with Crippen LogP contribution in [0.3, 0.4) is 0 Å². The molecule has 9 heteroatoms. The number of hydrogen-bond donors (Lipinski definition) is 1. The molecule has 0 aromatic carbocycles. The number of nitrogens with two attached hydrogens (primary N) is 1. The third-order valence-corrected chi connectivity index (χ3v) is 2.77. The summed E-state index contributed by atoms with van der Waals surface area (Å²) >= 11 is 3.21. The summed E-state index contributed by atoms with van der Waals surface area (Å²) in [5, 5.41) is 15.1. The van der Waals surface area contributed by atoms with Gasteiger partial charge in [-0.2, -0.15) is 0 Å². The van der Waals surface area contributed by atoms with Gasteiger partial charge in [0.15, 0.2) is 18.5 Å². The Hall–Kier alpha value is -1.64. The first-order valence-corrected chi connectivity index (χ1v) is 6.51. The molecule has 1 aliphatic heterocycles. The van der Waals surface area contributed by atoms with E-state index in [9.17, 15) is 0 Å². The van der Waals surface area contributed by atoms with E-state index in [1.807, 2.05) is 13.8 Å². The molecule has 0 aliphatic carbocycles. The highest BCUT2D eigenvalue weighted by Crippen LogP contribution is 2.15. The maximum atomic E-state index is 5.70. The molecule has 8 nitrogen and oxygen atoms in total. The van der Waals surface area contributed by atoms with Gasteiger partial charge >= 0.3 is 0 Å². The first-order chi connectivity index (χ1) is 9.06. The minimum Gasteiger partial charge on any atom is -0.421 e. The van der Waals surface area contributed by atoms with Crippen LogP contribution in [0.15, 0.2) is 14.7 Å². The zero-order chi connectivity index (χ0) is 13.8. The van der Waals surface area contributed by atoms with Gasteiger partial charge in [-0.3, -0.25) is 0 Å². The van der Waals surface area contributed by atoms with Crippen molar-refractivity contribution in [2.75, 3.05) is 0 Å². The van der Waals surface area contributed by atoms with Crippen molar-refractivity contribution < 1.29 is 14.1 Å². The molecule has 1 unspecified atom stereocenters. The number of nitrogens with zero attached hydrogens (tertiary/aromatic N) is 4. The van der Waals surface area contributed by atoms with Crippen LogP contribution in [-0.2, 0) is 16.3 Å². The summed E-state index contributed by atoms with van der Waals surface area (Å²) in [6, 6.07) is 0. The van der Waals surface area contributed by atoms with Gasteiger partial charge < -0.3 is 19.8 Å². The lowest BCUT2D eigenvalue weighted by atomic mass is 10.2. The van der Waals surface area contributed by atoms with Crippen LogP contribution in [0.2, 0.25) is 0 Å². The largest absolute Gasteiger partial charge is 0.421 e. The SMILES string of the molecule is CC(C)c1nnc(CO/N=C(\N)C2CC(Br)=NO2)o1. The summed E-state index contributed by atoms with van der Waals surface area (Å²) in [6.45, 7) is 3.99. The molecule has 1 atom stereocenters. The summed E-state index contributed by atoms with van der Waals surface area (Å²) in [7, 11) is 0. The van der Waals surface area contributed by atoms with E-state index >= 15 is 0 Å². The Kier molecular flexibility index (Phi) is 4.35. The number of amidine groups is 1. The van der Waals surface area contributed by atoms with Crippen molar-refractivity contribution in [1.82, 2.24) is 10.2 Å². The lowest BCUT2D eigenvalue weighted by molar-refractivity contribution is 0.0949. The van der Waals surface area contributed by atoms with Crippen LogP contribution in [0.1, 0.15) is 38.0 Å². The van der Waals surface area contributed by atoms with Crippen LogP contribution < -0.4 is 5.73 Å². The highest BCUT2D eigenvalue weighted by Gasteiger charge is 2.23. The third kappa shape index (κ3) is 3.66. The number of aromatic nitrogens is 2. The normalized spacial score (nSPS) is 19.5. The van der Waals surface area contributed by atoms with Crippen molar-refractivity contribution in [3.63, 3.8) is 0 Å². The van der Waals surface area contributed by atoms with Crippen LogP contribution in [-0.4, -0.2) is 26.8 Å². The smallest absolute Gasteiger partial charge is 0.256 e. The predicted octanol–water partition coefficient (Wildman–Crippen LogP) is 1.48. The molecule has 0 amide bonds. The van der Waals surface area contributed by atoms with Crippen molar-refractivity contribution in [2.45, 2.75) is 38.9 Å². The Morgan fingerprint density at radius 1 is 1.58 bits per heavy atom. The Bertz CT molecular complexity index is 499. The average molecular weight is 332 g/mol. The van der Waals surface area contributed by atoms with Crippen LogP contribution in [0.25, 0.3) is 0 Å². The van der Waals surface area contributed by atoms with Gasteiger partial charge in [0.25, 0.3) is 5.89 Å². The van der Waals surface area contributed by atoms with Crippen molar-refractivity contribution in [3.8, 4) is 0 Å². The summed E-state index contributed by atoms with van der Waals surface area (Å²) in [4.78, 5) is 10.1. The molecule has 1 aromatic heterocycles. The van der Waals surface area contributed by atoms with E-state index in [-0.39, 0.29) is 18.4 Å². The summed E-state index contributed by atoms with van der Waals surface area (Å²) in [5.41, 5.74) is 5.70. The van der Waals surface area contributed by atoms with Gasteiger partial charge in [0.1, 0.15) is 4.62 Å². The number of oxime groups is 2.